The Balaban J connectivity index is 1.92. The van der Waals surface area contributed by atoms with Crippen molar-refractivity contribution in [2.75, 3.05) is 39.8 Å². The monoisotopic (exact) mass is 350 g/mol. The summed E-state index contributed by atoms with van der Waals surface area (Å²) in [6.45, 7) is 6.47. The zero-order valence-corrected chi connectivity index (χ0v) is 14.9. The molecule has 1 aromatic heterocycles. The van der Waals surface area contributed by atoms with Crippen molar-refractivity contribution >= 4 is 17.7 Å². The molecule has 0 aromatic carbocycles. The maximum absolute atomic E-state index is 12.8. The number of furan rings is 1. The Morgan fingerprint density at radius 2 is 1.88 bits per heavy atom. The Labute approximate surface area is 147 Å². The lowest BCUT2D eigenvalue weighted by atomic mass is 10.0. The van der Waals surface area contributed by atoms with Gasteiger partial charge >= 0.3 is 0 Å². The Kier molecular flexibility index (Phi) is 6.58. The number of hydrogen-bond acceptors (Lipinski definition) is 5. The van der Waals surface area contributed by atoms with Gasteiger partial charge in [-0.15, -0.1) is 0 Å². The van der Waals surface area contributed by atoms with E-state index < -0.39 is 11.9 Å². The van der Waals surface area contributed by atoms with Crippen LogP contribution in [-0.2, 0) is 9.59 Å². The fraction of sp³-hybridized carbons (Fsp3) is 0.588. The molecule has 8 heteroatoms. The molecule has 2 rings (SSSR count). The number of hydrogen-bond donors (Lipinski definition) is 2. The predicted molar refractivity (Wildman–Crippen MR) is 91.9 cm³/mol. The molecule has 1 aromatic rings. The normalized spacial score (nSPS) is 16.6. The Bertz CT molecular complexity index is 592. The van der Waals surface area contributed by atoms with Crippen LogP contribution in [-0.4, -0.2) is 73.3 Å². The van der Waals surface area contributed by atoms with Gasteiger partial charge in [0.15, 0.2) is 5.76 Å². The minimum absolute atomic E-state index is 0.0365. The molecule has 0 spiro atoms. The molecule has 1 fully saturated rings. The summed E-state index contributed by atoms with van der Waals surface area (Å²) < 4.78 is 5.08. The van der Waals surface area contributed by atoms with E-state index >= 15 is 0 Å². The highest BCUT2D eigenvalue weighted by Crippen LogP contribution is 2.11. The van der Waals surface area contributed by atoms with Gasteiger partial charge in [-0.1, -0.05) is 13.8 Å². The van der Waals surface area contributed by atoms with Gasteiger partial charge in [-0.3, -0.25) is 19.3 Å². The Hall–Kier alpha value is -2.35. The lowest BCUT2D eigenvalue weighted by molar-refractivity contribution is -0.136. The van der Waals surface area contributed by atoms with Gasteiger partial charge < -0.3 is 20.0 Å². The molecule has 1 atom stereocenters. The van der Waals surface area contributed by atoms with E-state index in [1.807, 2.05) is 18.7 Å². The van der Waals surface area contributed by atoms with Gasteiger partial charge in [0.2, 0.25) is 11.8 Å². The maximum Gasteiger partial charge on any atom is 0.287 e. The van der Waals surface area contributed by atoms with Crippen LogP contribution in [0, 0.1) is 5.92 Å². The highest BCUT2D eigenvalue weighted by Gasteiger charge is 2.31. The van der Waals surface area contributed by atoms with Crippen molar-refractivity contribution < 1.29 is 18.8 Å². The van der Waals surface area contributed by atoms with Gasteiger partial charge in [-0.2, -0.15) is 0 Å². The van der Waals surface area contributed by atoms with Crippen LogP contribution in [0.3, 0.4) is 0 Å². The molecular weight excluding hydrogens is 324 g/mol. The third kappa shape index (κ3) is 5.06. The first-order chi connectivity index (χ1) is 11.9. The number of carbonyl (C=O) groups is 3. The number of nitrogens with zero attached hydrogens (tertiary/aromatic N) is 2. The predicted octanol–water partition coefficient (Wildman–Crippen LogP) is -0.0758. The first-order valence-electron chi connectivity index (χ1n) is 8.48. The van der Waals surface area contributed by atoms with Gasteiger partial charge in [0.1, 0.15) is 6.04 Å². The third-order valence-corrected chi connectivity index (χ3v) is 4.29. The van der Waals surface area contributed by atoms with Crippen molar-refractivity contribution in [2.45, 2.75) is 19.9 Å². The van der Waals surface area contributed by atoms with E-state index in [-0.39, 0.29) is 23.5 Å². The van der Waals surface area contributed by atoms with E-state index in [9.17, 15) is 14.4 Å². The molecule has 0 saturated carbocycles. The number of nitrogens with one attached hydrogen (secondary N) is 2. The largest absolute Gasteiger partial charge is 0.459 e. The zero-order valence-electron chi connectivity index (χ0n) is 14.9. The molecule has 8 nitrogen and oxygen atoms in total. The molecule has 2 N–H and O–H groups in total. The summed E-state index contributed by atoms with van der Waals surface area (Å²) in [5.74, 6) is -0.389. The molecule has 0 bridgehead atoms. The van der Waals surface area contributed by atoms with Crippen LogP contribution in [0.1, 0.15) is 24.4 Å². The summed E-state index contributed by atoms with van der Waals surface area (Å²) in [5, 5.41) is 5.36. The fourth-order valence-electron chi connectivity index (χ4n) is 2.74. The third-order valence-electron chi connectivity index (χ3n) is 4.29. The smallest absolute Gasteiger partial charge is 0.287 e. The van der Waals surface area contributed by atoms with Crippen LogP contribution in [0.2, 0.25) is 0 Å². The lowest BCUT2D eigenvalue weighted by Crippen LogP contribution is -2.57. The van der Waals surface area contributed by atoms with Gasteiger partial charge in [-0.05, 0) is 18.1 Å². The average Bonchev–Trinajstić information content (AvgIpc) is 3.14. The summed E-state index contributed by atoms with van der Waals surface area (Å²) >= 11 is 0. The topological polar surface area (TPSA) is 94.9 Å². The standard InChI is InChI=1S/C17H26N4O4/c1-12(2)15(19-16(23)13-5-4-10-25-13)17(24)21-8-6-20(7-9-21)11-14(22)18-3/h4-5,10,12,15H,6-9,11H2,1-3H3,(H,18,22)(H,19,23). The number of piperazine rings is 1. The van der Waals surface area contributed by atoms with Crippen molar-refractivity contribution in [1.29, 1.82) is 0 Å². The van der Waals surface area contributed by atoms with Crippen LogP contribution in [0.4, 0.5) is 0 Å². The van der Waals surface area contributed by atoms with Crippen molar-refractivity contribution in [3.05, 3.63) is 24.2 Å². The zero-order chi connectivity index (χ0) is 18.4. The van der Waals surface area contributed by atoms with Gasteiger partial charge in [0, 0.05) is 33.2 Å². The number of rotatable bonds is 6. The molecule has 0 aliphatic carbocycles. The van der Waals surface area contributed by atoms with Crippen molar-refractivity contribution in [2.24, 2.45) is 5.92 Å². The molecule has 1 unspecified atom stereocenters. The molecule has 0 radical (unpaired) electrons. The van der Waals surface area contributed by atoms with Crippen LogP contribution < -0.4 is 10.6 Å². The summed E-state index contributed by atoms with van der Waals surface area (Å²) in [6.07, 6.45) is 1.42. The minimum atomic E-state index is -0.608. The van der Waals surface area contributed by atoms with Crippen LogP contribution >= 0.6 is 0 Å². The van der Waals surface area contributed by atoms with Crippen molar-refractivity contribution in [3.8, 4) is 0 Å². The highest BCUT2D eigenvalue weighted by molar-refractivity contribution is 5.95. The fourth-order valence-corrected chi connectivity index (χ4v) is 2.74. The van der Waals surface area contributed by atoms with E-state index in [2.05, 4.69) is 10.6 Å². The summed E-state index contributed by atoms with van der Waals surface area (Å²) in [7, 11) is 1.61. The second-order valence-corrected chi connectivity index (χ2v) is 6.45. The Morgan fingerprint density at radius 1 is 1.20 bits per heavy atom. The second kappa shape index (κ2) is 8.66. The summed E-state index contributed by atoms with van der Waals surface area (Å²) in [5.41, 5.74) is 0. The van der Waals surface area contributed by atoms with E-state index in [1.54, 1.807) is 24.1 Å². The molecule has 1 aliphatic rings. The van der Waals surface area contributed by atoms with E-state index in [0.717, 1.165) is 0 Å². The lowest BCUT2D eigenvalue weighted by Gasteiger charge is -2.36. The van der Waals surface area contributed by atoms with E-state index in [4.69, 9.17) is 4.42 Å². The van der Waals surface area contributed by atoms with Gasteiger partial charge in [-0.25, -0.2) is 0 Å². The molecular formula is C17H26N4O4. The summed E-state index contributed by atoms with van der Waals surface area (Å²) in [4.78, 5) is 40.2. The summed E-state index contributed by atoms with van der Waals surface area (Å²) in [6, 6.07) is 2.59. The maximum atomic E-state index is 12.8. The number of likely N-dealkylation sites (N-methyl/N-ethyl adjacent to an activating group) is 1. The van der Waals surface area contributed by atoms with E-state index in [1.165, 1.54) is 6.26 Å². The first-order valence-corrected chi connectivity index (χ1v) is 8.48. The molecule has 25 heavy (non-hydrogen) atoms. The minimum Gasteiger partial charge on any atom is -0.459 e. The second-order valence-electron chi connectivity index (χ2n) is 6.45. The Morgan fingerprint density at radius 3 is 2.40 bits per heavy atom. The van der Waals surface area contributed by atoms with Crippen LogP contribution in [0.25, 0.3) is 0 Å². The van der Waals surface area contributed by atoms with Gasteiger partial charge in [0.25, 0.3) is 5.91 Å². The van der Waals surface area contributed by atoms with Gasteiger partial charge in [0.05, 0.1) is 12.8 Å². The molecule has 138 valence electrons. The molecule has 1 aliphatic heterocycles. The van der Waals surface area contributed by atoms with Crippen LogP contribution in [0.15, 0.2) is 22.8 Å². The quantitative estimate of drug-likeness (QED) is 0.749. The molecule has 1 saturated heterocycles. The average molecular weight is 350 g/mol. The van der Waals surface area contributed by atoms with Crippen molar-refractivity contribution in [1.82, 2.24) is 20.4 Å². The molecule has 3 amide bonds. The first kappa shape index (κ1) is 19.0. The highest BCUT2D eigenvalue weighted by atomic mass is 16.3. The molecule has 2 heterocycles. The van der Waals surface area contributed by atoms with Crippen molar-refractivity contribution in [3.63, 3.8) is 0 Å². The SMILES string of the molecule is CNC(=O)CN1CCN(C(=O)C(NC(=O)c2ccco2)C(C)C)CC1. The van der Waals surface area contributed by atoms with Crippen LogP contribution in [0.5, 0.6) is 0 Å². The van der Waals surface area contributed by atoms with E-state index in [0.29, 0.717) is 32.7 Å². The number of amides is 3. The number of carbonyl (C=O) groups excluding carboxylic acids is 3.